The van der Waals surface area contributed by atoms with Crippen LogP contribution in [0.15, 0.2) is 30.3 Å². The number of amides is 1. The van der Waals surface area contributed by atoms with Crippen molar-refractivity contribution in [3.63, 3.8) is 0 Å². The first-order valence-electron chi connectivity index (χ1n) is 11.8. The summed E-state index contributed by atoms with van der Waals surface area (Å²) in [6, 6.07) is 7.31. The van der Waals surface area contributed by atoms with Gasteiger partial charge in [0.05, 0.1) is 32.5 Å². The molecule has 11 heteroatoms. The molecule has 0 saturated carbocycles. The first-order chi connectivity index (χ1) is 16.1. The van der Waals surface area contributed by atoms with Crippen LogP contribution in [0, 0.1) is 5.92 Å². The molecule has 1 N–H and O–H groups in total. The fraction of sp³-hybridized carbons (Fsp3) is 0.652. The Labute approximate surface area is 203 Å². The second kappa shape index (κ2) is 14.9. The molecule has 0 saturated heterocycles. The molecule has 1 rings (SSSR count). The van der Waals surface area contributed by atoms with Crippen LogP contribution in [0.3, 0.4) is 0 Å². The second-order valence-electron chi connectivity index (χ2n) is 7.54. The van der Waals surface area contributed by atoms with Crippen molar-refractivity contribution in [3.05, 3.63) is 35.9 Å². The number of hydrogen-bond donors (Lipinski definition) is 1. The molecule has 1 aromatic rings. The lowest BCUT2D eigenvalue weighted by Crippen LogP contribution is -2.49. The van der Waals surface area contributed by atoms with Gasteiger partial charge in [-0.25, -0.2) is 0 Å². The Morgan fingerprint density at radius 1 is 0.824 bits per heavy atom. The number of nitrogens with one attached hydrogen (secondary N) is 1. The molecule has 0 aliphatic carbocycles. The van der Waals surface area contributed by atoms with Gasteiger partial charge in [0.15, 0.2) is 11.2 Å². The van der Waals surface area contributed by atoms with Crippen LogP contribution in [-0.4, -0.2) is 49.6 Å². The van der Waals surface area contributed by atoms with E-state index >= 15 is 0 Å². The highest BCUT2D eigenvalue weighted by Gasteiger charge is 2.57. The van der Waals surface area contributed by atoms with E-state index in [0.717, 1.165) is 0 Å². The van der Waals surface area contributed by atoms with Gasteiger partial charge in [0.1, 0.15) is 0 Å². The summed E-state index contributed by atoms with van der Waals surface area (Å²) in [5.41, 5.74) is 0.358. The number of carbonyl (C=O) groups is 2. The number of Topliss-reactive ketones (excluding diaryl/α,β-unsaturated/α-hetero) is 1. The molecular weight excluding hydrogens is 480 g/mol. The predicted octanol–water partition coefficient (Wildman–Crippen LogP) is 5.65. The molecule has 194 valence electrons. The Morgan fingerprint density at radius 2 is 1.26 bits per heavy atom. The van der Waals surface area contributed by atoms with Gasteiger partial charge in [0, 0.05) is 11.5 Å². The maximum absolute atomic E-state index is 14.1. The highest BCUT2D eigenvalue weighted by atomic mass is 31.2. The normalized spacial score (nSPS) is 14.1. The van der Waals surface area contributed by atoms with Gasteiger partial charge in [0.25, 0.3) is 5.91 Å². The molecule has 0 bridgehead atoms. The third kappa shape index (κ3) is 8.11. The predicted molar refractivity (Wildman–Crippen MR) is 132 cm³/mol. The summed E-state index contributed by atoms with van der Waals surface area (Å²) >= 11 is 0. The average molecular weight is 520 g/mol. The zero-order valence-electron chi connectivity index (χ0n) is 21.0. The smallest absolute Gasteiger partial charge is 0.342 e. The molecule has 0 aliphatic heterocycles. The minimum absolute atomic E-state index is 0.0198. The zero-order valence-corrected chi connectivity index (χ0v) is 22.8. The van der Waals surface area contributed by atoms with E-state index in [4.69, 9.17) is 18.1 Å². The number of hydrogen-bond acceptors (Lipinski definition) is 8. The van der Waals surface area contributed by atoms with Crippen molar-refractivity contribution < 1.29 is 36.8 Å². The molecule has 0 radical (unpaired) electrons. The molecule has 9 nitrogen and oxygen atoms in total. The van der Waals surface area contributed by atoms with E-state index in [1.165, 1.54) is 6.92 Å². The van der Waals surface area contributed by atoms with Crippen molar-refractivity contribution in [1.29, 1.82) is 0 Å². The van der Waals surface area contributed by atoms with Crippen LogP contribution in [-0.2, 0) is 32.0 Å². The topological polar surface area (TPSA) is 117 Å². The number of benzene rings is 1. The van der Waals surface area contributed by atoms with E-state index in [0.29, 0.717) is 12.0 Å². The summed E-state index contributed by atoms with van der Waals surface area (Å²) in [5, 5.41) is 1.35. The maximum Gasteiger partial charge on any atom is 0.346 e. The lowest BCUT2D eigenvalue weighted by atomic mass is 9.93. The van der Waals surface area contributed by atoms with Crippen LogP contribution in [0.5, 0.6) is 0 Å². The van der Waals surface area contributed by atoms with Gasteiger partial charge in [-0.05, 0) is 53.2 Å². The number of carbonyl (C=O) groups excluding carboxylic acids is 2. The van der Waals surface area contributed by atoms with E-state index in [1.807, 2.05) is 6.92 Å². The van der Waals surface area contributed by atoms with Gasteiger partial charge in [-0.2, -0.15) is 0 Å². The molecule has 0 unspecified atom stereocenters. The molecule has 34 heavy (non-hydrogen) atoms. The third-order valence-electron chi connectivity index (χ3n) is 5.08. The quantitative estimate of drug-likeness (QED) is 0.263. The largest absolute Gasteiger partial charge is 0.346 e. The Kier molecular flexibility index (Phi) is 13.5. The summed E-state index contributed by atoms with van der Waals surface area (Å²) in [4.78, 5) is 25.8. The van der Waals surface area contributed by atoms with E-state index in [1.54, 1.807) is 58.0 Å². The van der Waals surface area contributed by atoms with Crippen molar-refractivity contribution in [2.45, 2.75) is 65.8 Å². The third-order valence-corrected chi connectivity index (χ3v) is 11.3. The van der Waals surface area contributed by atoms with Crippen molar-refractivity contribution >= 4 is 26.9 Å². The molecule has 0 spiro atoms. The molecule has 0 aliphatic rings. The SMILES string of the molecule is CCC[C@@H](C(P(=O)(OCC)OCC)P(=O)(OCC)OCC)[C@H](NC(=O)c1ccccc1)C(C)=O. The Hall–Kier alpha value is -1.34. The molecule has 2 atom stereocenters. The minimum Gasteiger partial charge on any atom is -0.342 e. The van der Waals surface area contributed by atoms with Crippen molar-refractivity contribution in [2.24, 2.45) is 5.92 Å². The average Bonchev–Trinajstić information content (AvgIpc) is 2.78. The van der Waals surface area contributed by atoms with Crippen LogP contribution in [0.25, 0.3) is 0 Å². The summed E-state index contributed by atoms with van der Waals surface area (Å²) in [6.45, 7) is 9.85. The summed E-state index contributed by atoms with van der Waals surface area (Å²) in [6.07, 6.45) is 0.834. The fourth-order valence-electron chi connectivity index (χ4n) is 3.89. The highest BCUT2D eigenvalue weighted by Crippen LogP contribution is 2.73. The van der Waals surface area contributed by atoms with Crippen LogP contribution in [0.1, 0.15) is 64.7 Å². The molecule has 1 aromatic carbocycles. The van der Waals surface area contributed by atoms with Crippen LogP contribution in [0.2, 0.25) is 0 Å². The minimum atomic E-state index is -4.12. The van der Waals surface area contributed by atoms with E-state index < -0.39 is 38.5 Å². The van der Waals surface area contributed by atoms with Gasteiger partial charge < -0.3 is 23.4 Å². The number of rotatable bonds is 17. The van der Waals surface area contributed by atoms with E-state index in [9.17, 15) is 18.7 Å². The molecule has 0 fully saturated rings. The van der Waals surface area contributed by atoms with Crippen molar-refractivity contribution in [2.75, 3.05) is 26.4 Å². The zero-order chi connectivity index (χ0) is 25.8. The Bertz CT molecular complexity index is 814. The van der Waals surface area contributed by atoms with Crippen LogP contribution in [0.4, 0.5) is 0 Å². The maximum atomic E-state index is 14.1. The molecular formula is C23H39NO8P2. The summed E-state index contributed by atoms with van der Waals surface area (Å²) in [5.74, 6) is -1.76. The van der Waals surface area contributed by atoms with Gasteiger partial charge in [-0.15, -0.1) is 0 Å². The number of ketones is 1. The Balaban J connectivity index is 3.70. The monoisotopic (exact) mass is 519 g/mol. The lowest BCUT2D eigenvalue weighted by molar-refractivity contribution is -0.120. The van der Waals surface area contributed by atoms with Gasteiger partial charge in [-0.3, -0.25) is 18.7 Å². The Morgan fingerprint density at radius 3 is 1.62 bits per heavy atom. The van der Waals surface area contributed by atoms with E-state index in [2.05, 4.69) is 5.32 Å². The first-order valence-corrected chi connectivity index (χ1v) is 15.0. The van der Waals surface area contributed by atoms with Gasteiger partial charge in [0.2, 0.25) is 0 Å². The molecule has 1 amide bonds. The first kappa shape index (κ1) is 30.7. The van der Waals surface area contributed by atoms with Gasteiger partial charge >= 0.3 is 15.2 Å². The second-order valence-corrected chi connectivity index (χ2v) is 12.3. The molecule has 0 heterocycles. The molecule has 0 aromatic heterocycles. The highest BCUT2D eigenvalue weighted by molar-refractivity contribution is 7.72. The summed E-state index contributed by atoms with van der Waals surface area (Å²) < 4.78 is 50.6. The summed E-state index contributed by atoms with van der Waals surface area (Å²) in [7, 11) is -8.24. The fourth-order valence-corrected chi connectivity index (χ4v) is 9.85. The lowest BCUT2D eigenvalue weighted by Gasteiger charge is -2.39. The van der Waals surface area contributed by atoms with E-state index in [-0.39, 0.29) is 38.6 Å². The van der Waals surface area contributed by atoms with Crippen LogP contribution >= 0.6 is 15.2 Å². The standard InChI is InChI=1S/C23H39NO8P2/c1-7-15-20(21(18(6)25)24-22(26)19-16-13-12-14-17-19)23(33(27,29-8-2)30-9-3)34(28,31-10-4)32-11-5/h12-14,16-17,20-21,23H,7-11,15H2,1-6H3,(H,24,26)/t20-,21-/m1/s1. The van der Waals surface area contributed by atoms with Gasteiger partial charge in [-0.1, -0.05) is 31.5 Å². The van der Waals surface area contributed by atoms with Crippen molar-refractivity contribution in [1.82, 2.24) is 5.32 Å². The van der Waals surface area contributed by atoms with Crippen molar-refractivity contribution in [3.8, 4) is 0 Å². The van der Waals surface area contributed by atoms with Crippen LogP contribution < -0.4 is 5.32 Å².